The monoisotopic (exact) mass is 412 g/mol. The maximum Gasteiger partial charge on any atom is 0.417 e. The third kappa shape index (κ3) is 4.12. The molecule has 154 valence electrons. The highest BCUT2D eigenvalue weighted by atomic mass is 19.4. The molecule has 1 aliphatic rings. The van der Waals surface area contributed by atoms with E-state index in [9.17, 15) is 18.0 Å². The van der Waals surface area contributed by atoms with Gasteiger partial charge in [-0.25, -0.2) is 9.97 Å². The first kappa shape index (κ1) is 19.9. The topological polar surface area (TPSA) is 49.3 Å². The van der Waals surface area contributed by atoms with Crippen LogP contribution in [0.3, 0.4) is 0 Å². The van der Waals surface area contributed by atoms with Crippen LogP contribution in [0.1, 0.15) is 15.9 Å². The van der Waals surface area contributed by atoms with Gasteiger partial charge >= 0.3 is 6.18 Å². The van der Waals surface area contributed by atoms with E-state index in [1.807, 2.05) is 35.2 Å². The van der Waals surface area contributed by atoms with Gasteiger partial charge in [0.25, 0.3) is 5.91 Å². The maximum atomic E-state index is 13.2. The molecule has 3 aromatic rings. The second-order valence-corrected chi connectivity index (χ2v) is 6.93. The lowest BCUT2D eigenvalue weighted by molar-refractivity contribution is -0.138. The van der Waals surface area contributed by atoms with Crippen molar-refractivity contribution in [1.29, 1.82) is 0 Å². The Morgan fingerprint density at radius 3 is 2.23 bits per heavy atom. The molecule has 5 nitrogen and oxygen atoms in total. The Morgan fingerprint density at radius 1 is 0.867 bits per heavy atom. The molecule has 1 saturated heterocycles. The van der Waals surface area contributed by atoms with Crippen molar-refractivity contribution in [2.45, 2.75) is 6.18 Å². The highest BCUT2D eigenvalue weighted by Crippen LogP contribution is 2.32. The third-order valence-electron chi connectivity index (χ3n) is 5.03. The zero-order valence-electron chi connectivity index (χ0n) is 16.0. The van der Waals surface area contributed by atoms with Crippen LogP contribution >= 0.6 is 0 Å². The SMILES string of the molecule is O=C(c1ccccc1C(F)(F)F)N1CCN(c2ccnc(-c3ccccc3)n2)CC1. The van der Waals surface area contributed by atoms with Crippen molar-refractivity contribution >= 4 is 11.7 Å². The molecule has 1 amide bonds. The summed E-state index contributed by atoms with van der Waals surface area (Å²) in [7, 11) is 0. The number of rotatable bonds is 3. The molecule has 2 heterocycles. The number of aromatic nitrogens is 2. The van der Waals surface area contributed by atoms with E-state index in [2.05, 4.69) is 9.97 Å². The Bertz CT molecular complexity index is 1030. The zero-order valence-corrected chi connectivity index (χ0v) is 16.0. The molecule has 0 bridgehead atoms. The van der Waals surface area contributed by atoms with Gasteiger partial charge in [0.15, 0.2) is 5.82 Å². The van der Waals surface area contributed by atoms with E-state index in [0.717, 1.165) is 17.4 Å². The molecule has 0 radical (unpaired) electrons. The Kier molecular flexibility index (Phi) is 5.39. The minimum Gasteiger partial charge on any atom is -0.353 e. The van der Waals surface area contributed by atoms with Crippen LogP contribution in [0.5, 0.6) is 0 Å². The van der Waals surface area contributed by atoms with Crippen molar-refractivity contribution in [1.82, 2.24) is 14.9 Å². The fraction of sp³-hybridized carbons (Fsp3) is 0.227. The molecule has 30 heavy (non-hydrogen) atoms. The minimum absolute atomic E-state index is 0.313. The maximum absolute atomic E-state index is 13.2. The summed E-state index contributed by atoms with van der Waals surface area (Å²) >= 11 is 0. The van der Waals surface area contributed by atoms with Gasteiger partial charge in [0.2, 0.25) is 0 Å². The lowest BCUT2D eigenvalue weighted by Gasteiger charge is -2.35. The molecule has 1 aliphatic heterocycles. The van der Waals surface area contributed by atoms with Gasteiger partial charge in [-0.05, 0) is 18.2 Å². The number of amides is 1. The van der Waals surface area contributed by atoms with Crippen molar-refractivity contribution < 1.29 is 18.0 Å². The second kappa shape index (κ2) is 8.14. The van der Waals surface area contributed by atoms with Crippen LogP contribution in [0.25, 0.3) is 11.4 Å². The molecule has 4 rings (SSSR count). The highest BCUT2D eigenvalue weighted by Gasteiger charge is 2.36. The van der Waals surface area contributed by atoms with Crippen molar-refractivity contribution in [3.05, 3.63) is 78.0 Å². The number of benzene rings is 2. The first-order valence-electron chi connectivity index (χ1n) is 9.52. The second-order valence-electron chi connectivity index (χ2n) is 6.93. The van der Waals surface area contributed by atoms with Crippen molar-refractivity contribution in [2.24, 2.45) is 0 Å². The molecule has 0 N–H and O–H groups in total. The standard InChI is InChI=1S/C22H19F3N4O/c23-22(24,25)18-9-5-4-8-17(18)21(30)29-14-12-28(13-15-29)19-10-11-26-20(27-19)16-6-2-1-3-7-16/h1-11H,12-15H2. The Labute approximate surface area is 171 Å². The minimum atomic E-state index is -4.57. The summed E-state index contributed by atoms with van der Waals surface area (Å²) in [6.45, 7) is 1.59. The summed E-state index contributed by atoms with van der Waals surface area (Å²) in [5, 5.41) is 0. The summed E-state index contributed by atoms with van der Waals surface area (Å²) in [4.78, 5) is 25.1. The molecular weight excluding hydrogens is 393 g/mol. The zero-order chi connectivity index (χ0) is 21.1. The van der Waals surface area contributed by atoms with E-state index in [4.69, 9.17) is 0 Å². The van der Waals surface area contributed by atoms with Crippen LogP contribution < -0.4 is 4.90 Å². The van der Waals surface area contributed by atoms with Crippen molar-refractivity contribution in [3.8, 4) is 11.4 Å². The molecule has 0 atom stereocenters. The fourth-order valence-electron chi connectivity index (χ4n) is 3.48. The number of piperazine rings is 1. The van der Waals surface area contributed by atoms with Gasteiger partial charge in [-0.3, -0.25) is 4.79 Å². The van der Waals surface area contributed by atoms with Crippen LogP contribution in [-0.4, -0.2) is 47.0 Å². The average Bonchev–Trinajstić information content (AvgIpc) is 2.79. The molecular formula is C22H19F3N4O. The van der Waals surface area contributed by atoms with Crippen LogP contribution in [-0.2, 0) is 6.18 Å². The molecule has 2 aromatic carbocycles. The number of anilines is 1. The fourth-order valence-corrected chi connectivity index (χ4v) is 3.48. The van der Waals surface area contributed by atoms with E-state index in [0.29, 0.717) is 32.0 Å². The van der Waals surface area contributed by atoms with Crippen LogP contribution in [0.2, 0.25) is 0 Å². The highest BCUT2D eigenvalue weighted by molar-refractivity contribution is 5.96. The van der Waals surface area contributed by atoms with Gasteiger partial charge in [-0.15, -0.1) is 0 Å². The molecule has 0 saturated carbocycles. The number of hydrogen-bond donors (Lipinski definition) is 0. The molecule has 0 spiro atoms. The first-order valence-corrected chi connectivity index (χ1v) is 9.52. The molecule has 0 aliphatic carbocycles. The number of nitrogens with zero attached hydrogens (tertiary/aromatic N) is 4. The number of alkyl halides is 3. The molecule has 8 heteroatoms. The first-order chi connectivity index (χ1) is 14.4. The smallest absolute Gasteiger partial charge is 0.353 e. The van der Waals surface area contributed by atoms with Gasteiger partial charge in [-0.2, -0.15) is 13.2 Å². The summed E-state index contributed by atoms with van der Waals surface area (Å²) in [5.74, 6) is 0.729. The van der Waals surface area contributed by atoms with Gasteiger partial charge in [0.05, 0.1) is 11.1 Å². The summed E-state index contributed by atoms with van der Waals surface area (Å²) in [6.07, 6.45) is -2.88. The number of halogens is 3. The average molecular weight is 412 g/mol. The number of hydrogen-bond acceptors (Lipinski definition) is 4. The Balaban J connectivity index is 1.47. The van der Waals surface area contributed by atoms with Gasteiger partial charge < -0.3 is 9.80 Å². The van der Waals surface area contributed by atoms with Crippen molar-refractivity contribution in [2.75, 3.05) is 31.1 Å². The lowest BCUT2D eigenvalue weighted by Crippen LogP contribution is -2.49. The predicted octanol–water partition coefficient (Wildman–Crippen LogP) is 4.12. The third-order valence-corrected chi connectivity index (χ3v) is 5.03. The van der Waals surface area contributed by atoms with Crippen LogP contribution in [0.4, 0.5) is 19.0 Å². The lowest BCUT2D eigenvalue weighted by atomic mass is 10.1. The molecule has 1 aromatic heterocycles. The largest absolute Gasteiger partial charge is 0.417 e. The summed E-state index contributed by atoms with van der Waals surface area (Å²) in [6, 6.07) is 16.3. The molecule has 0 unspecified atom stereocenters. The van der Waals surface area contributed by atoms with Crippen LogP contribution in [0, 0.1) is 0 Å². The number of carbonyl (C=O) groups is 1. The van der Waals surface area contributed by atoms with E-state index < -0.39 is 17.6 Å². The summed E-state index contributed by atoms with van der Waals surface area (Å²) in [5.41, 5.74) is -0.315. The van der Waals surface area contributed by atoms with E-state index in [-0.39, 0.29) is 5.56 Å². The van der Waals surface area contributed by atoms with E-state index in [1.165, 1.54) is 23.1 Å². The normalized spacial score (nSPS) is 14.6. The van der Waals surface area contributed by atoms with Crippen molar-refractivity contribution in [3.63, 3.8) is 0 Å². The van der Waals surface area contributed by atoms with Crippen LogP contribution in [0.15, 0.2) is 66.9 Å². The van der Waals surface area contributed by atoms with Gasteiger partial charge in [0, 0.05) is 37.9 Å². The van der Waals surface area contributed by atoms with E-state index >= 15 is 0 Å². The van der Waals surface area contributed by atoms with Gasteiger partial charge in [0.1, 0.15) is 5.82 Å². The Hall–Kier alpha value is -3.42. The Morgan fingerprint density at radius 2 is 1.53 bits per heavy atom. The van der Waals surface area contributed by atoms with E-state index in [1.54, 1.807) is 12.3 Å². The summed E-state index contributed by atoms with van der Waals surface area (Å²) < 4.78 is 39.7. The number of carbonyl (C=O) groups excluding carboxylic acids is 1. The van der Waals surface area contributed by atoms with Gasteiger partial charge in [-0.1, -0.05) is 42.5 Å². The quantitative estimate of drug-likeness (QED) is 0.649. The molecule has 1 fully saturated rings. The predicted molar refractivity (Wildman–Crippen MR) is 107 cm³/mol.